The smallest absolute Gasteiger partial charge is 0.324 e. The van der Waals surface area contributed by atoms with Crippen molar-refractivity contribution in [3.8, 4) is 22.5 Å². The van der Waals surface area contributed by atoms with Crippen LogP contribution in [0.15, 0.2) is 41.9 Å². The number of piperazine rings is 1. The molecule has 0 spiro atoms. The number of hydrogen-bond acceptors (Lipinski definition) is 12. The third-order valence-corrected chi connectivity index (χ3v) is 15.0. The van der Waals surface area contributed by atoms with E-state index in [1.165, 1.54) is 16.3 Å². The molecule has 14 nitrogen and oxygen atoms in total. The molecule has 2 saturated heterocycles. The molecule has 4 aromatic rings. The number of fused-ring (bicyclic) bond motifs is 6. The molecule has 6 bridgehead atoms. The van der Waals surface area contributed by atoms with Gasteiger partial charge in [0, 0.05) is 97.4 Å². The first-order valence-corrected chi connectivity index (χ1v) is 23.7. The molecular formula is C48H66N8O6S. The van der Waals surface area contributed by atoms with Crippen molar-refractivity contribution in [2.45, 2.75) is 105 Å². The number of likely N-dealkylation sites (N-methyl/N-ethyl adjacent to an activating group) is 1. The van der Waals surface area contributed by atoms with Crippen LogP contribution in [0, 0.1) is 23.2 Å². The lowest BCUT2D eigenvalue weighted by Crippen LogP contribution is -2.61. The van der Waals surface area contributed by atoms with Crippen molar-refractivity contribution < 1.29 is 28.6 Å². The Kier molecular flexibility index (Phi) is 13.4. The molecule has 4 aliphatic rings. The monoisotopic (exact) mass is 882 g/mol. The first-order chi connectivity index (χ1) is 30.2. The molecule has 3 aromatic heterocycles. The van der Waals surface area contributed by atoms with Crippen molar-refractivity contribution >= 4 is 40.0 Å². The maximum atomic E-state index is 15.0. The number of pyridine rings is 1. The number of rotatable bonds is 10. The van der Waals surface area contributed by atoms with Crippen LogP contribution in [-0.4, -0.2) is 125 Å². The fourth-order valence-electron chi connectivity index (χ4n) is 9.76. The lowest BCUT2D eigenvalue weighted by atomic mass is 9.84. The van der Waals surface area contributed by atoms with E-state index in [4.69, 9.17) is 24.2 Å². The van der Waals surface area contributed by atoms with Gasteiger partial charge in [-0.25, -0.2) is 10.4 Å². The van der Waals surface area contributed by atoms with Crippen molar-refractivity contribution in [2.24, 2.45) is 23.2 Å². The predicted octanol–water partition coefficient (Wildman–Crippen LogP) is 6.26. The number of aromatic nitrogens is 3. The Morgan fingerprint density at radius 1 is 1.10 bits per heavy atom. The van der Waals surface area contributed by atoms with Crippen LogP contribution in [0.4, 0.5) is 0 Å². The van der Waals surface area contributed by atoms with Gasteiger partial charge in [0.15, 0.2) is 0 Å². The van der Waals surface area contributed by atoms with E-state index in [1.54, 1.807) is 7.11 Å². The van der Waals surface area contributed by atoms with E-state index in [1.807, 2.05) is 24.6 Å². The molecule has 8 atom stereocenters. The van der Waals surface area contributed by atoms with E-state index in [2.05, 4.69) is 98.0 Å². The summed E-state index contributed by atoms with van der Waals surface area (Å²) < 4.78 is 21.3. The molecule has 2 amide bonds. The van der Waals surface area contributed by atoms with Crippen LogP contribution in [0.25, 0.3) is 33.4 Å². The highest BCUT2D eigenvalue weighted by molar-refractivity contribution is 7.10. The molecule has 340 valence electrons. The number of esters is 1. The van der Waals surface area contributed by atoms with Gasteiger partial charge in [-0.3, -0.25) is 29.3 Å². The summed E-state index contributed by atoms with van der Waals surface area (Å²) in [4.78, 5) is 57.9. The van der Waals surface area contributed by atoms with E-state index in [-0.39, 0.29) is 48.3 Å². The van der Waals surface area contributed by atoms with Gasteiger partial charge in [0.1, 0.15) is 23.2 Å². The van der Waals surface area contributed by atoms with Crippen LogP contribution in [0.5, 0.6) is 0 Å². The number of nitrogens with zero attached hydrogens (tertiary/aromatic N) is 6. The Balaban J connectivity index is 1.26. The first-order valence-electron chi connectivity index (χ1n) is 22.9. The van der Waals surface area contributed by atoms with E-state index in [0.29, 0.717) is 44.0 Å². The Morgan fingerprint density at radius 3 is 2.57 bits per heavy atom. The van der Waals surface area contributed by atoms with E-state index >= 15 is 0 Å². The van der Waals surface area contributed by atoms with Crippen molar-refractivity contribution in [1.29, 1.82) is 0 Å². The van der Waals surface area contributed by atoms with Gasteiger partial charge in [0.05, 0.1) is 36.4 Å². The summed E-state index contributed by atoms with van der Waals surface area (Å²) in [6.07, 6.45) is 2.36. The molecule has 3 aliphatic heterocycles. The summed E-state index contributed by atoms with van der Waals surface area (Å²) in [6, 6.07) is 8.79. The van der Waals surface area contributed by atoms with Crippen LogP contribution < -0.4 is 10.7 Å². The number of cyclic esters (lactones) is 1. The molecule has 3 fully saturated rings. The maximum absolute atomic E-state index is 15.0. The second-order valence-corrected chi connectivity index (χ2v) is 20.0. The van der Waals surface area contributed by atoms with Crippen LogP contribution in [-0.2, 0) is 41.6 Å². The molecule has 1 aromatic carbocycles. The Hall–Kier alpha value is -4.25. The molecular weight excluding hydrogens is 817 g/mol. The highest BCUT2D eigenvalue weighted by Crippen LogP contribution is 2.46. The van der Waals surface area contributed by atoms with E-state index < -0.39 is 29.6 Å². The fraction of sp³-hybridized carbons (Fsp3) is 0.604. The number of benzene rings is 1. The summed E-state index contributed by atoms with van der Waals surface area (Å²) in [5.41, 5.74) is 9.54. The third-order valence-electron chi connectivity index (χ3n) is 14.0. The zero-order chi connectivity index (χ0) is 44.7. The average molecular weight is 883 g/mol. The van der Waals surface area contributed by atoms with Crippen molar-refractivity contribution in [3.63, 3.8) is 0 Å². The summed E-state index contributed by atoms with van der Waals surface area (Å²) in [5.74, 6) is -0.749. The van der Waals surface area contributed by atoms with Gasteiger partial charge in [0.25, 0.3) is 5.91 Å². The van der Waals surface area contributed by atoms with Crippen molar-refractivity contribution in [1.82, 2.24) is 40.1 Å². The van der Waals surface area contributed by atoms with Crippen LogP contribution >= 0.6 is 11.3 Å². The Labute approximate surface area is 376 Å². The normalized spacial score (nSPS) is 26.8. The molecule has 63 heavy (non-hydrogen) atoms. The maximum Gasteiger partial charge on any atom is 0.324 e. The standard InChI is InChI=1S/C48H66N8O6S/c1-10-55-38-16-15-32-23-34(38)35(42(55)33-13-11-17-49-40(33)31(5)60-9)24-48(6,7)27-62-47(59)36-14-12-18-56(52-36)46(58)41(51-44(57)39-29(3)30(39)4)43(45-50-37(32)26-63-45)61-25-28(2)54-21-19-53(8)20-22-54/h11,13,15-17,23,26,28-31,36,39,41,43,52H,10,12,14,18-22,24-25,27H2,1-9H3,(H,51,57)/t28-,29-,30+,31+,36+,39+,41+,43+/m1/s1. The second-order valence-electron chi connectivity index (χ2n) is 19.1. The van der Waals surface area contributed by atoms with E-state index in [0.717, 1.165) is 70.9 Å². The highest BCUT2D eigenvalue weighted by Gasteiger charge is 2.50. The molecule has 1 saturated carbocycles. The molecule has 15 heteroatoms. The summed E-state index contributed by atoms with van der Waals surface area (Å²) in [6.45, 7) is 20.0. The molecule has 8 rings (SSSR count). The van der Waals surface area contributed by atoms with Gasteiger partial charge in [-0.1, -0.05) is 33.8 Å². The number of aryl methyl sites for hydroxylation is 1. The lowest BCUT2D eigenvalue weighted by Gasteiger charge is -2.38. The minimum absolute atomic E-state index is 0.0578. The molecule has 0 radical (unpaired) electrons. The Morgan fingerprint density at radius 2 is 1.86 bits per heavy atom. The predicted molar refractivity (Wildman–Crippen MR) is 245 cm³/mol. The number of amides is 2. The number of nitrogens with one attached hydrogen (secondary N) is 2. The number of methoxy groups -OCH3 is 1. The number of hydrogen-bond donors (Lipinski definition) is 2. The third kappa shape index (κ3) is 9.32. The quantitative estimate of drug-likeness (QED) is 0.175. The zero-order valence-electron chi connectivity index (χ0n) is 38.5. The minimum Gasteiger partial charge on any atom is -0.464 e. The number of thiazole rings is 1. The van der Waals surface area contributed by atoms with Crippen LogP contribution in [0.2, 0.25) is 0 Å². The number of carbonyl (C=O) groups is 3. The van der Waals surface area contributed by atoms with Crippen molar-refractivity contribution in [2.75, 3.05) is 60.1 Å². The topological polar surface area (TPSA) is 143 Å². The minimum atomic E-state index is -1.10. The molecule has 6 heterocycles. The fourth-order valence-corrected chi connectivity index (χ4v) is 10.7. The van der Waals surface area contributed by atoms with Gasteiger partial charge in [0.2, 0.25) is 5.91 Å². The number of ether oxygens (including phenoxy) is 3. The van der Waals surface area contributed by atoms with E-state index in [9.17, 15) is 14.4 Å². The van der Waals surface area contributed by atoms with Crippen LogP contribution in [0.3, 0.4) is 0 Å². The first kappa shape index (κ1) is 45.3. The Bertz CT molecular complexity index is 2290. The molecule has 0 unspecified atom stereocenters. The number of carbonyl (C=O) groups excluding carboxylic acids is 3. The van der Waals surface area contributed by atoms with Crippen molar-refractivity contribution in [3.05, 3.63) is 58.2 Å². The van der Waals surface area contributed by atoms with Gasteiger partial charge >= 0.3 is 5.97 Å². The van der Waals surface area contributed by atoms with Gasteiger partial charge in [-0.15, -0.1) is 11.3 Å². The lowest BCUT2D eigenvalue weighted by molar-refractivity contribution is -0.157. The largest absolute Gasteiger partial charge is 0.464 e. The SMILES string of the molecule is CCn1c(-c2cccnc2[C@H](C)OC)c2c3cc(ccc31)-c1csc(n1)[C@@H](OC[C@@H](C)N1CCN(C)CC1)[C@H](NC(=O)[C@H]1[C@H](C)[C@@H]1C)C(=O)N1CCC[C@H](N1)C(=O)OCC(C)(C)C2. The molecule has 1 aliphatic carbocycles. The van der Waals surface area contributed by atoms with Gasteiger partial charge in [-0.05, 0) is 88.7 Å². The summed E-state index contributed by atoms with van der Waals surface area (Å²) >= 11 is 1.44. The van der Waals surface area contributed by atoms with Crippen LogP contribution in [0.1, 0.15) is 89.8 Å². The zero-order valence-corrected chi connectivity index (χ0v) is 39.3. The average Bonchev–Trinajstić information content (AvgIpc) is 3.56. The van der Waals surface area contributed by atoms with Gasteiger partial charge < -0.3 is 29.0 Å². The number of hydrazine groups is 1. The highest BCUT2D eigenvalue weighted by atomic mass is 32.1. The molecule has 2 N–H and O–H groups in total. The summed E-state index contributed by atoms with van der Waals surface area (Å²) in [7, 11) is 3.84. The second kappa shape index (κ2) is 18.7. The summed E-state index contributed by atoms with van der Waals surface area (Å²) in [5, 5.41) is 8.38. The van der Waals surface area contributed by atoms with Gasteiger partial charge in [-0.2, -0.15) is 0 Å².